The Morgan fingerprint density at radius 2 is 1.90 bits per heavy atom. The second kappa shape index (κ2) is 9.79. The Labute approximate surface area is 178 Å². The fourth-order valence-electron chi connectivity index (χ4n) is 4.21. The predicted molar refractivity (Wildman–Crippen MR) is 121 cm³/mol. The third kappa shape index (κ3) is 4.66. The number of unbranched alkanes of at least 4 members (excludes halogenated alkanes) is 2. The largest absolute Gasteiger partial charge is 0.426 e. The molecule has 3 aromatic rings. The van der Waals surface area contributed by atoms with Gasteiger partial charge in [0.15, 0.2) is 0 Å². The standard InChI is InChI=1S/C25H31N3O2/c1-2-3-5-17-23(29)30-21-15-9-8-14-20(21)24-25(26-19-12-6-4-7-13-19)28-18-11-10-16-22(28)27-24/h8-11,14-16,18-19,26H,2-7,12-13,17H2,1H3. The van der Waals surface area contributed by atoms with Crippen LogP contribution in [-0.2, 0) is 4.79 Å². The number of esters is 1. The molecule has 1 aliphatic carbocycles. The lowest BCUT2D eigenvalue weighted by atomic mass is 9.95. The van der Waals surface area contributed by atoms with Crippen LogP contribution in [0.25, 0.3) is 16.9 Å². The first-order valence-electron chi connectivity index (χ1n) is 11.3. The van der Waals surface area contributed by atoms with Crippen molar-refractivity contribution >= 4 is 17.4 Å². The van der Waals surface area contributed by atoms with E-state index in [9.17, 15) is 4.79 Å². The fourth-order valence-corrected chi connectivity index (χ4v) is 4.21. The zero-order valence-electron chi connectivity index (χ0n) is 17.8. The van der Waals surface area contributed by atoms with Crippen LogP contribution in [0.5, 0.6) is 5.75 Å². The van der Waals surface area contributed by atoms with Crippen molar-refractivity contribution in [2.24, 2.45) is 0 Å². The molecule has 0 saturated heterocycles. The van der Waals surface area contributed by atoms with Gasteiger partial charge in [-0.15, -0.1) is 0 Å². The Balaban J connectivity index is 1.67. The van der Waals surface area contributed by atoms with E-state index in [4.69, 9.17) is 9.72 Å². The number of para-hydroxylation sites is 1. The number of hydrogen-bond donors (Lipinski definition) is 1. The lowest BCUT2D eigenvalue weighted by molar-refractivity contribution is -0.134. The smallest absolute Gasteiger partial charge is 0.311 e. The quantitative estimate of drug-likeness (QED) is 0.274. The van der Waals surface area contributed by atoms with E-state index in [0.29, 0.717) is 18.2 Å². The first kappa shape index (κ1) is 20.5. The van der Waals surface area contributed by atoms with Gasteiger partial charge < -0.3 is 10.1 Å². The number of imidazole rings is 1. The van der Waals surface area contributed by atoms with Crippen molar-refractivity contribution in [1.82, 2.24) is 9.38 Å². The minimum Gasteiger partial charge on any atom is -0.426 e. The number of nitrogens with one attached hydrogen (secondary N) is 1. The molecule has 0 aliphatic heterocycles. The number of aromatic nitrogens is 2. The normalized spacial score (nSPS) is 14.7. The number of benzene rings is 1. The van der Waals surface area contributed by atoms with Gasteiger partial charge in [0.05, 0.1) is 0 Å². The SMILES string of the molecule is CCCCCC(=O)Oc1ccccc1-c1nc2ccccn2c1NC1CCCCC1. The molecule has 158 valence electrons. The maximum absolute atomic E-state index is 12.4. The fraction of sp³-hybridized carbons (Fsp3) is 0.440. The molecule has 0 spiro atoms. The molecule has 0 bridgehead atoms. The van der Waals surface area contributed by atoms with E-state index in [0.717, 1.165) is 42.0 Å². The summed E-state index contributed by atoms with van der Waals surface area (Å²) < 4.78 is 7.87. The van der Waals surface area contributed by atoms with Crippen LogP contribution in [0.1, 0.15) is 64.7 Å². The number of carbonyl (C=O) groups excluding carboxylic acids is 1. The zero-order valence-corrected chi connectivity index (χ0v) is 17.8. The molecule has 0 unspecified atom stereocenters. The number of pyridine rings is 1. The molecular weight excluding hydrogens is 374 g/mol. The number of nitrogens with zero attached hydrogens (tertiary/aromatic N) is 2. The second-order valence-electron chi connectivity index (χ2n) is 8.14. The molecule has 5 nitrogen and oxygen atoms in total. The molecule has 0 atom stereocenters. The summed E-state index contributed by atoms with van der Waals surface area (Å²) in [5.74, 6) is 1.38. The second-order valence-corrected chi connectivity index (χ2v) is 8.14. The van der Waals surface area contributed by atoms with Gasteiger partial charge >= 0.3 is 5.97 Å². The Morgan fingerprint density at radius 1 is 1.10 bits per heavy atom. The van der Waals surface area contributed by atoms with E-state index in [1.165, 1.54) is 32.1 Å². The molecule has 1 fully saturated rings. The van der Waals surface area contributed by atoms with Crippen LogP contribution in [0.15, 0.2) is 48.7 Å². The number of hydrogen-bond acceptors (Lipinski definition) is 4. The van der Waals surface area contributed by atoms with E-state index in [2.05, 4.69) is 16.6 Å². The molecule has 0 amide bonds. The summed E-state index contributed by atoms with van der Waals surface area (Å²) in [6, 6.07) is 14.2. The third-order valence-corrected chi connectivity index (χ3v) is 5.83. The van der Waals surface area contributed by atoms with Crippen molar-refractivity contribution in [2.45, 2.75) is 70.8 Å². The van der Waals surface area contributed by atoms with Crippen molar-refractivity contribution in [2.75, 3.05) is 5.32 Å². The third-order valence-electron chi connectivity index (χ3n) is 5.83. The number of carbonyl (C=O) groups is 1. The highest BCUT2D eigenvalue weighted by Gasteiger charge is 2.22. The summed E-state index contributed by atoms with van der Waals surface area (Å²) in [5.41, 5.74) is 2.57. The zero-order chi connectivity index (χ0) is 20.8. The van der Waals surface area contributed by atoms with Crippen LogP contribution in [0.2, 0.25) is 0 Å². The Morgan fingerprint density at radius 3 is 2.73 bits per heavy atom. The maximum Gasteiger partial charge on any atom is 0.311 e. The molecule has 1 aromatic carbocycles. The van der Waals surface area contributed by atoms with Crippen LogP contribution < -0.4 is 10.1 Å². The molecule has 1 saturated carbocycles. The van der Waals surface area contributed by atoms with Crippen LogP contribution in [0.4, 0.5) is 5.82 Å². The molecule has 2 aromatic heterocycles. The van der Waals surface area contributed by atoms with Crippen molar-refractivity contribution in [3.63, 3.8) is 0 Å². The summed E-state index contributed by atoms with van der Waals surface area (Å²) in [6.07, 6.45) is 11.7. The first-order chi connectivity index (χ1) is 14.8. The highest BCUT2D eigenvalue weighted by atomic mass is 16.5. The van der Waals surface area contributed by atoms with Gasteiger partial charge in [-0.1, -0.05) is 57.2 Å². The van der Waals surface area contributed by atoms with Gasteiger partial charge in [-0.05, 0) is 43.5 Å². The lowest BCUT2D eigenvalue weighted by Crippen LogP contribution is -2.23. The predicted octanol–water partition coefficient (Wildman–Crippen LogP) is 6.23. The van der Waals surface area contributed by atoms with Gasteiger partial charge in [0, 0.05) is 24.2 Å². The monoisotopic (exact) mass is 405 g/mol. The number of anilines is 1. The van der Waals surface area contributed by atoms with Crippen LogP contribution in [0.3, 0.4) is 0 Å². The van der Waals surface area contributed by atoms with Crippen LogP contribution >= 0.6 is 0 Å². The van der Waals surface area contributed by atoms with Gasteiger partial charge in [0.1, 0.15) is 22.9 Å². The van der Waals surface area contributed by atoms with E-state index < -0.39 is 0 Å². The number of rotatable bonds is 8. The van der Waals surface area contributed by atoms with Crippen molar-refractivity contribution in [3.05, 3.63) is 48.7 Å². The number of ether oxygens (including phenoxy) is 1. The molecule has 1 N–H and O–H groups in total. The summed E-state index contributed by atoms with van der Waals surface area (Å²) in [4.78, 5) is 17.3. The van der Waals surface area contributed by atoms with Gasteiger partial charge in [0.25, 0.3) is 0 Å². The maximum atomic E-state index is 12.4. The number of fused-ring (bicyclic) bond motifs is 1. The molecule has 5 heteroatoms. The van der Waals surface area contributed by atoms with Crippen LogP contribution in [0, 0.1) is 0 Å². The van der Waals surface area contributed by atoms with Crippen molar-refractivity contribution in [1.29, 1.82) is 0 Å². The van der Waals surface area contributed by atoms with E-state index >= 15 is 0 Å². The molecule has 2 heterocycles. The Bertz CT molecular complexity index is 989. The summed E-state index contributed by atoms with van der Waals surface area (Å²) in [6.45, 7) is 2.13. The lowest BCUT2D eigenvalue weighted by Gasteiger charge is -2.24. The van der Waals surface area contributed by atoms with Crippen molar-refractivity contribution < 1.29 is 9.53 Å². The topological polar surface area (TPSA) is 55.6 Å². The summed E-state index contributed by atoms with van der Waals surface area (Å²) in [5, 5.41) is 3.75. The van der Waals surface area contributed by atoms with E-state index in [1.54, 1.807) is 0 Å². The van der Waals surface area contributed by atoms with Crippen LogP contribution in [-0.4, -0.2) is 21.4 Å². The average Bonchev–Trinajstić information content (AvgIpc) is 3.13. The average molecular weight is 406 g/mol. The highest BCUT2D eigenvalue weighted by Crippen LogP contribution is 2.36. The summed E-state index contributed by atoms with van der Waals surface area (Å²) in [7, 11) is 0. The van der Waals surface area contributed by atoms with Crippen molar-refractivity contribution in [3.8, 4) is 17.0 Å². The minimum absolute atomic E-state index is 0.179. The molecule has 1 aliphatic rings. The van der Waals surface area contributed by atoms with Gasteiger partial charge in [0.2, 0.25) is 0 Å². The first-order valence-corrected chi connectivity index (χ1v) is 11.3. The van der Waals surface area contributed by atoms with Gasteiger partial charge in [-0.2, -0.15) is 0 Å². The Hall–Kier alpha value is -2.82. The molecular formula is C25H31N3O2. The highest BCUT2D eigenvalue weighted by molar-refractivity contribution is 5.83. The molecule has 4 rings (SSSR count). The van der Waals surface area contributed by atoms with Gasteiger partial charge in [-0.25, -0.2) is 4.98 Å². The molecule has 0 radical (unpaired) electrons. The summed E-state index contributed by atoms with van der Waals surface area (Å²) >= 11 is 0. The van der Waals surface area contributed by atoms with E-state index in [-0.39, 0.29) is 5.97 Å². The van der Waals surface area contributed by atoms with Gasteiger partial charge in [-0.3, -0.25) is 9.20 Å². The Kier molecular flexibility index (Phi) is 6.67. The van der Waals surface area contributed by atoms with E-state index in [1.807, 2.05) is 48.7 Å². The minimum atomic E-state index is -0.179. The molecule has 30 heavy (non-hydrogen) atoms.